The Kier molecular flexibility index (Phi) is 6.01. The molecule has 2 aromatic carbocycles. The van der Waals surface area contributed by atoms with Gasteiger partial charge >= 0.3 is 6.09 Å². The van der Waals surface area contributed by atoms with Crippen LogP contribution in [0.3, 0.4) is 0 Å². The fourth-order valence-corrected chi connectivity index (χ4v) is 2.27. The van der Waals surface area contributed by atoms with Crippen molar-refractivity contribution in [2.75, 3.05) is 0 Å². The lowest BCUT2D eigenvalue weighted by molar-refractivity contribution is 0.110. The van der Waals surface area contributed by atoms with Gasteiger partial charge in [-0.25, -0.2) is 4.79 Å². The Hall–Kier alpha value is -3.02. The van der Waals surface area contributed by atoms with E-state index in [9.17, 15) is 9.90 Å². The van der Waals surface area contributed by atoms with Gasteiger partial charge in [-0.3, -0.25) is 5.32 Å². The number of carbonyl (C=O) groups is 1. The fourth-order valence-electron chi connectivity index (χ4n) is 2.27. The summed E-state index contributed by atoms with van der Waals surface area (Å²) in [5.74, 6) is -0.170. The first-order valence-electron chi connectivity index (χ1n) is 7.97. The summed E-state index contributed by atoms with van der Waals surface area (Å²) in [5.41, 5.74) is 2.48. The Morgan fingerprint density at radius 1 is 1.16 bits per heavy atom. The quantitative estimate of drug-likeness (QED) is 0.446. The van der Waals surface area contributed by atoms with E-state index < -0.39 is 12.2 Å². The monoisotopic (exact) mass is 336 g/mol. The first-order valence-corrected chi connectivity index (χ1v) is 7.97. The zero-order valence-corrected chi connectivity index (χ0v) is 14.5. The molecule has 0 unspecified atom stereocenters. The third kappa shape index (κ3) is 4.98. The molecule has 0 saturated carbocycles. The Balaban J connectivity index is 2.15. The van der Waals surface area contributed by atoms with Crippen molar-refractivity contribution in [3.63, 3.8) is 0 Å². The van der Waals surface area contributed by atoms with Crippen LogP contribution < -0.4 is 10.8 Å². The molecule has 0 spiro atoms. The van der Waals surface area contributed by atoms with E-state index in [2.05, 4.69) is 5.32 Å². The Morgan fingerprint density at radius 2 is 1.76 bits per heavy atom. The number of hydrogen-bond donors (Lipinski definition) is 3. The molecule has 1 atom stereocenters. The zero-order valence-electron chi connectivity index (χ0n) is 14.5. The maximum atomic E-state index is 12.2. The third-order valence-electron chi connectivity index (χ3n) is 3.72. The number of hydrogen-bond acceptors (Lipinski definition) is 4. The second kappa shape index (κ2) is 8.19. The summed E-state index contributed by atoms with van der Waals surface area (Å²) in [4.78, 5) is 12.2. The average molecular weight is 336 g/mol. The number of aliphatic hydroxyl groups is 1. The van der Waals surface area contributed by atoms with E-state index in [0.717, 1.165) is 11.0 Å². The summed E-state index contributed by atoms with van der Waals surface area (Å²) in [5, 5.41) is 20.7. The smallest absolute Gasteiger partial charge is 0.412 e. The van der Waals surface area contributed by atoms with Gasteiger partial charge in [0.1, 0.15) is 25.4 Å². The summed E-state index contributed by atoms with van der Waals surface area (Å²) >= 11 is 0. The highest BCUT2D eigenvalue weighted by Crippen LogP contribution is 2.18. The molecular formula is C19H21BN2O3. The molecule has 0 aliphatic heterocycles. The van der Waals surface area contributed by atoms with Gasteiger partial charge in [0.15, 0.2) is 0 Å². The maximum Gasteiger partial charge on any atom is 0.412 e. The van der Waals surface area contributed by atoms with E-state index in [4.69, 9.17) is 10.1 Å². The Labute approximate surface area is 148 Å². The van der Waals surface area contributed by atoms with Crippen LogP contribution >= 0.6 is 0 Å². The van der Waals surface area contributed by atoms with Gasteiger partial charge in [-0.05, 0) is 19.4 Å². The Bertz CT molecular complexity index is 786. The molecule has 3 N–H and O–H groups in total. The van der Waals surface area contributed by atoms with Crippen molar-refractivity contribution in [3.05, 3.63) is 71.4 Å². The summed E-state index contributed by atoms with van der Waals surface area (Å²) in [7, 11) is 1.94. The molecule has 1 amide bonds. The molecule has 0 aliphatic rings. The number of amides is 1. The number of aliphatic hydroxyl groups excluding tert-OH is 1. The van der Waals surface area contributed by atoms with Gasteiger partial charge < -0.3 is 15.3 Å². The largest absolute Gasteiger partial charge is 0.505 e. The van der Waals surface area contributed by atoms with E-state index in [0.29, 0.717) is 5.56 Å². The fraction of sp³-hybridized carbons (Fsp3) is 0.158. The number of rotatable bonds is 5. The minimum Gasteiger partial charge on any atom is -0.505 e. The van der Waals surface area contributed by atoms with Gasteiger partial charge in [0.25, 0.3) is 0 Å². The zero-order chi connectivity index (χ0) is 18.4. The van der Waals surface area contributed by atoms with Crippen molar-refractivity contribution < 1.29 is 14.6 Å². The van der Waals surface area contributed by atoms with E-state index >= 15 is 0 Å². The van der Waals surface area contributed by atoms with Gasteiger partial charge in [-0.1, -0.05) is 60.1 Å². The standard InChI is InChI=1S/C19H21BN2O3/c1-12(21)17(18(23)15-8-10-16(20)11-9-15)22-19(24)25-13(2)14-6-4-3-5-7-14/h3-11,13,21,23H,20H2,1-2H3,(H,22,24)/b18-17+,21-12?/t13-/m1/s1. The Morgan fingerprint density at radius 3 is 2.32 bits per heavy atom. The first kappa shape index (κ1) is 18.3. The molecule has 2 aromatic rings. The normalized spacial score (nSPS) is 12.7. The van der Waals surface area contributed by atoms with Crippen molar-refractivity contribution in [3.8, 4) is 0 Å². The second-order valence-corrected chi connectivity index (χ2v) is 5.80. The van der Waals surface area contributed by atoms with Gasteiger partial charge in [0.2, 0.25) is 0 Å². The second-order valence-electron chi connectivity index (χ2n) is 5.80. The van der Waals surface area contributed by atoms with Crippen molar-refractivity contribution in [1.29, 1.82) is 5.41 Å². The lowest BCUT2D eigenvalue weighted by Gasteiger charge is -2.16. The highest BCUT2D eigenvalue weighted by atomic mass is 16.6. The lowest BCUT2D eigenvalue weighted by atomic mass is 9.95. The van der Waals surface area contributed by atoms with Gasteiger partial charge in [-0.2, -0.15) is 0 Å². The molecule has 25 heavy (non-hydrogen) atoms. The topological polar surface area (TPSA) is 82.4 Å². The van der Waals surface area contributed by atoms with E-state index in [-0.39, 0.29) is 17.2 Å². The van der Waals surface area contributed by atoms with Crippen LogP contribution in [0.2, 0.25) is 0 Å². The van der Waals surface area contributed by atoms with Crippen LogP contribution in [-0.4, -0.2) is 24.8 Å². The number of allylic oxidation sites excluding steroid dienone is 1. The molecule has 0 aromatic heterocycles. The van der Waals surface area contributed by atoms with Gasteiger partial charge in [0.05, 0.1) is 5.71 Å². The summed E-state index contributed by atoms with van der Waals surface area (Å²) < 4.78 is 5.33. The van der Waals surface area contributed by atoms with Gasteiger partial charge in [0, 0.05) is 5.56 Å². The SMILES string of the molecule is Bc1ccc(/C(O)=C(\NC(=O)O[C@H](C)c2ccccc2)C(C)=N)cc1. The highest BCUT2D eigenvalue weighted by molar-refractivity contribution is 6.32. The van der Waals surface area contributed by atoms with E-state index in [1.54, 1.807) is 19.1 Å². The van der Waals surface area contributed by atoms with Crippen LogP contribution in [0.5, 0.6) is 0 Å². The minimum absolute atomic E-state index is 0.0223. The number of carbonyl (C=O) groups excluding carboxylic acids is 1. The predicted molar refractivity (Wildman–Crippen MR) is 102 cm³/mol. The molecule has 0 aliphatic carbocycles. The lowest BCUT2D eigenvalue weighted by Crippen LogP contribution is -2.29. The summed E-state index contributed by atoms with van der Waals surface area (Å²) in [6.07, 6.45) is -1.17. The van der Waals surface area contributed by atoms with Crippen molar-refractivity contribution in [2.45, 2.75) is 20.0 Å². The summed E-state index contributed by atoms with van der Waals surface area (Å²) in [6.45, 7) is 3.25. The van der Waals surface area contributed by atoms with E-state index in [1.807, 2.05) is 50.3 Å². The van der Waals surface area contributed by atoms with Crippen LogP contribution in [0, 0.1) is 5.41 Å². The van der Waals surface area contributed by atoms with Gasteiger partial charge in [-0.15, -0.1) is 0 Å². The minimum atomic E-state index is -0.725. The molecule has 0 heterocycles. The first-order chi connectivity index (χ1) is 11.9. The molecule has 0 bridgehead atoms. The molecule has 0 saturated heterocycles. The van der Waals surface area contributed by atoms with Crippen LogP contribution in [0.15, 0.2) is 60.3 Å². The van der Waals surface area contributed by atoms with Crippen LogP contribution in [-0.2, 0) is 4.74 Å². The molecule has 128 valence electrons. The molecule has 5 nitrogen and oxygen atoms in total. The van der Waals surface area contributed by atoms with Crippen molar-refractivity contribution >= 4 is 30.9 Å². The number of ether oxygens (including phenoxy) is 1. The molecule has 6 heteroatoms. The van der Waals surface area contributed by atoms with E-state index in [1.165, 1.54) is 6.92 Å². The number of nitrogens with one attached hydrogen (secondary N) is 2. The summed E-state index contributed by atoms with van der Waals surface area (Å²) in [6, 6.07) is 16.5. The van der Waals surface area contributed by atoms with Crippen molar-refractivity contribution in [1.82, 2.24) is 5.32 Å². The predicted octanol–water partition coefficient (Wildman–Crippen LogP) is 2.70. The number of alkyl carbamates (subject to hydrolysis) is 1. The molecule has 0 fully saturated rings. The highest BCUT2D eigenvalue weighted by Gasteiger charge is 2.17. The number of benzene rings is 2. The molecule has 0 radical (unpaired) electrons. The maximum absolute atomic E-state index is 12.2. The molecule has 2 rings (SSSR count). The third-order valence-corrected chi connectivity index (χ3v) is 3.72. The van der Waals surface area contributed by atoms with Crippen LogP contribution in [0.25, 0.3) is 5.76 Å². The average Bonchev–Trinajstić information content (AvgIpc) is 2.60. The van der Waals surface area contributed by atoms with Crippen molar-refractivity contribution in [2.24, 2.45) is 0 Å². The molecular weight excluding hydrogens is 315 g/mol. The van der Waals surface area contributed by atoms with Crippen LogP contribution in [0.1, 0.15) is 31.1 Å². The van der Waals surface area contributed by atoms with Crippen LogP contribution in [0.4, 0.5) is 4.79 Å².